The Kier molecular flexibility index (Phi) is 5.82. The molecule has 0 bridgehead atoms. The molecule has 0 saturated heterocycles. The zero-order chi connectivity index (χ0) is 17.5. The van der Waals surface area contributed by atoms with E-state index in [0.717, 1.165) is 30.0 Å². The van der Waals surface area contributed by atoms with Gasteiger partial charge in [-0.05, 0) is 49.1 Å². The van der Waals surface area contributed by atoms with E-state index in [4.69, 9.17) is 17.0 Å². The smallest absolute Gasteiger partial charge is 0.119 e. The molecule has 0 spiro atoms. The number of nitrogens with one attached hydrogen (secondary N) is 1. The Balaban J connectivity index is 1.91. The van der Waals surface area contributed by atoms with Crippen LogP contribution >= 0.6 is 12.2 Å². The minimum absolute atomic E-state index is 0.267. The first-order valence-corrected chi connectivity index (χ1v) is 9.18. The van der Waals surface area contributed by atoms with Gasteiger partial charge in [0.2, 0.25) is 0 Å². The van der Waals surface area contributed by atoms with Crippen molar-refractivity contribution >= 4 is 17.2 Å². The van der Waals surface area contributed by atoms with Gasteiger partial charge in [-0.25, -0.2) is 0 Å². The Hall–Kier alpha value is -2.20. The van der Waals surface area contributed by atoms with E-state index in [9.17, 15) is 0 Å². The van der Waals surface area contributed by atoms with Crippen LogP contribution in [-0.2, 0) is 5.41 Å². The number of thiocarbonyl (C=S) groups is 1. The highest BCUT2D eigenvalue weighted by Gasteiger charge is 2.41. The summed E-state index contributed by atoms with van der Waals surface area (Å²) in [6.45, 7) is 0.549. The fourth-order valence-electron chi connectivity index (χ4n) is 3.66. The summed E-state index contributed by atoms with van der Waals surface area (Å²) >= 11 is 5.77. The molecule has 0 aliphatic heterocycles. The van der Waals surface area contributed by atoms with E-state index in [1.807, 2.05) is 55.8 Å². The standard InChI is InChI=1S/C21H24N2OS/c1-22-20(25)21(18-9-7-14-23-16-18)13-6-5-8-17(21)12-15-24-19-10-3-2-4-11-19/h2-4,7,9-12,14,16H,5-6,8,13,15H2,1H3,(H,22,25)/b17-12+. The predicted octanol–water partition coefficient (Wildman–Crippen LogP) is 4.45. The highest BCUT2D eigenvalue weighted by molar-refractivity contribution is 7.80. The van der Waals surface area contributed by atoms with Gasteiger partial charge < -0.3 is 10.1 Å². The number of nitrogens with zero attached hydrogens (tertiary/aromatic N) is 1. The molecular formula is C21H24N2OS. The van der Waals surface area contributed by atoms with Gasteiger partial charge in [0, 0.05) is 19.4 Å². The Bertz CT molecular complexity index is 730. The van der Waals surface area contributed by atoms with Crippen LogP contribution in [0.15, 0.2) is 66.5 Å². The number of para-hydroxylation sites is 1. The van der Waals surface area contributed by atoms with Crippen molar-refractivity contribution in [3.63, 3.8) is 0 Å². The van der Waals surface area contributed by atoms with Crippen LogP contribution in [0.1, 0.15) is 31.2 Å². The predicted molar refractivity (Wildman–Crippen MR) is 106 cm³/mol. The average Bonchev–Trinajstić information content (AvgIpc) is 2.69. The molecule has 1 aromatic heterocycles. The second-order valence-corrected chi connectivity index (χ2v) is 6.69. The maximum absolute atomic E-state index is 5.90. The van der Waals surface area contributed by atoms with Crippen molar-refractivity contribution in [2.45, 2.75) is 31.1 Å². The van der Waals surface area contributed by atoms with Gasteiger partial charge in [0.25, 0.3) is 0 Å². The number of likely N-dealkylation sites (N-methyl/N-ethyl adjacent to an activating group) is 1. The minimum Gasteiger partial charge on any atom is -0.490 e. The lowest BCUT2D eigenvalue weighted by molar-refractivity contribution is 0.357. The molecule has 25 heavy (non-hydrogen) atoms. The van der Waals surface area contributed by atoms with Gasteiger partial charge in [0.15, 0.2) is 0 Å². The van der Waals surface area contributed by atoms with Crippen LogP contribution in [0.5, 0.6) is 5.75 Å². The van der Waals surface area contributed by atoms with Crippen LogP contribution in [0, 0.1) is 0 Å². The third kappa shape index (κ3) is 3.74. The first kappa shape index (κ1) is 17.6. The van der Waals surface area contributed by atoms with Gasteiger partial charge in [0.05, 0.1) is 10.4 Å². The first-order chi connectivity index (χ1) is 12.3. The molecule has 1 aliphatic carbocycles. The quantitative estimate of drug-likeness (QED) is 0.637. The lowest BCUT2D eigenvalue weighted by Crippen LogP contribution is -2.45. The van der Waals surface area contributed by atoms with E-state index in [-0.39, 0.29) is 5.41 Å². The van der Waals surface area contributed by atoms with Gasteiger partial charge >= 0.3 is 0 Å². The molecule has 1 unspecified atom stereocenters. The van der Waals surface area contributed by atoms with Crippen molar-refractivity contribution in [3.8, 4) is 5.75 Å². The van der Waals surface area contributed by atoms with E-state index < -0.39 is 0 Å². The molecule has 4 heteroatoms. The Morgan fingerprint density at radius 3 is 2.80 bits per heavy atom. The van der Waals surface area contributed by atoms with Crippen molar-refractivity contribution in [1.29, 1.82) is 0 Å². The van der Waals surface area contributed by atoms with Crippen molar-refractivity contribution in [1.82, 2.24) is 10.3 Å². The van der Waals surface area contributed by atoms with Crippen LogP contribution in [0.4, 0.5) is 0 Å². The lowest BCUT2D eigenvalue weighted by atomic mass is 9.66. The maximum atomic E-state index is 5.90. The van der Waals surface area contributed by atoms with Crippen LogP contribution in [-0.4, -0.2) is 23.6 Å². The summed E-state index contributed by atoms with van der Waals surface area (Å²) < 4.78 is 5.90. The van der Waals surface area contributed by atoms with Crippen LogP contribution < -0.4 is 10.1 Å². The number of benzene rings is 1. The SMILES string of the molecule is CNC(=S)C1(c2cccnc2)CCCC/C1=C\COc1ccccc1. The third-order valence-corrected chi connectivity index (χ3v) is 5.44. The number of hydrogen-bond donors (Lipinski definition) is 1. The maximum Gasteiger partial charge on any atom is 0.119 e. The second-order valence-electron chi connectivity index (χ2n) is 6.29. The van der Waals surface area contributed by atoms with Gasteiger partial charge in [-0.3, -0.25) is 4.98 Å². The second kappa shape index (κ2) is 8.26. The van der Waals surface area contributed by atoms with E-state index in [0.29, 0.717) is 6.61 Å². The number of hydrogen-bond acceptors (Lipinski definition) is 3. The van der Waals surface area contributed by atoms with Gasteiger partial charge in [-0.1, -0.05) is 48.5 Å². The van der Waals surface area contributed by atoms with Gasteiger partial charge in [-0.2, -0.15) is 0 Å². The van der Waals surface area contributed by atoms with Crippen LogP contribution in [0.25, 0.3) is 0 Å². The van der Waals surface area contributed by atoms with Crippen molar-refractivity contribution in [3.05, 3.63) is 72.1 Å². The fraction of sp³-hybridized carbons (Fsp3) is 0.333. The monoisotopic (exact) mass is 352 g/mol. The summed E-state index contributed by atoms with van der Waals surface area (Å²) in [5.41, 5.74) is 2.23. The van der Waals surface area contributed by atoms with Gasteiger partial charge in [0.1, 0.15) is 12.4 Å². The number of aromatic nitrogens is 1. The summed E-state index contributed by atoms with van der Waals surface area (Å²) in [4.78, 5) is 5.20. The molecule has 2 aromatic rings. The number of ether oxygens (including phenoxy) is 1. The highest BCUT2D eigenvalue weighted by atomic mass is 32.1. The molecule has 1 saturated carbocycles. The van der Waals surface area contributed by atoms with Gasteiger partial charge in [-0.15, -0.1) is 0 Å². The summed E-state index contributed by atoms with van der Waals surface area (Å²) in [6.07, 6.45) is 10.4. The van der Waals surface area contributed by atoms with Crippen molar-refractivity contribution < 1.29 is 4.74 Å². The molecule has 3 rings (SSSR count). The largest absolute Gasteiger partial charge is 0.490 e. The van der Waals surface area contributed by atoms with E-state index in [1.165, 1.54) is 17.6 Å². The zero-order valence-electron chi connectivity index (χ0n) is 14.6. The minimum atomic E-state index is -0.267. The molecule has 1 aromatic carbocycles. The molecule has 1 N–H and O–H groups in total. The number of rotatable bonds is 5. The third-order valence-electron chi connectivity index (χ3n) is 4.89. The average molecular weight is 353 g/mol. The Labute approximate surface area is 155 Å². The molecular weight excluding hydrogens is 328 g/mol. The van der Waals surface area contributed by atoms with Crippen LogP contribution in [0.2, 0.25) is 0 Å². The van der Waals surface area contributed by atoms with Crippen LogP contribution in [0.3, 0.4) is 0 Å². The van der Waals surface area contributed by atoms with Crippen molar-refractivity contribution in [2.75, 3.05) is 13.7 Å². The molecule has 3 nitrogen and oxygen atoms in total. The molecule has 1 aliphatic rings. The molecule has 1 heterocycles. The molecule has 0 amide bonds. The van der Waals surface area contributed by atoms with E-state index in [1.54, 1.807) is 0 Å². The Morgan fingerprint density at radius 2 is 2.08 bits per heavy atom. The topological polar surface area (TPSA) is 34.2 Å². The lowest BCUT2D eigenvalue weighted by Gasteiger charge is -2.40. The summed E-state index contributed by atoms with van der Waals surface area (Å²) in [5.74, 6) is 0.887. The summed E-state index contributed by atoms with van der Waals surface area (Å²) in [6, 6.07) is 14.0. The van der Waals surface area contributed by atoms with E-state index >= 15 is 0 Å². The zero-order valence-corrected chi connectivity index (χ0v) is 15.4. The fourth-order valence-corrected chi connectivity index (χ4v) is 4.01. The van der Waals surface area contributed by atoms with Crippen molar-refractivity contribution in [2.24, 2.45) is 0 Å². The number of pyridine rings is 1. The molecule has 130 valence electrons. The first-order valence-electron chi connectivity index (χ1n) is 8.77. The summed E-state index contributed by atoms with van der Waals surface area (Å²) in [5, 5.41) is 3.23. The van der Waals surface area contributed by atoms with E-state index in [2.05, 4.69) is 22.4 Å². The molecule has 0 radical (unpaired) electrons. The normalized spacial score (nSPS) is 21.7. The summed E-state index contributed by atoms with van der Waals surface area (Å²) in [7, 11) is 1.91. The molecule has 1 fully saturated rings. The Morgan fingerprint density at radius 1 is 1.24 bits per heavy atom. The highest BCUT2D eigenvalue weighted by Crippen LogP contribution is 2.44. The molecule has 1 atom stereocenters.